The van der Waals surface area contributed by atoms with Crippen LogP contribution in [0.25, 0.3) is 33.2 Å². The summed E-state index contributed by atoms with van der Waals surface area (Å²) >= 11 is 0. The van der Waals surface area contributed by atoms with Crippen LogP contribution in [0.4, 0.5) is 0 Å². The van der Waals surface area contributed by atoms with Gasteiger partial charge in [-0.15, -0.1) is 0 Å². The number of aromatic amines is 1. The van der Waals surface area contributed by atoms with Crippen molar-refractivity contribution in [3.05, 3.63) is 60.3 Å². The summed E-state index contributed by atoms with van der Waals surface area (Å²) in [6, 6.07) is 15.5. The zero-order valence-electron chi connectivity index (χ0n) is 17.5. The molecule has 2 heterocycles. The summed E-state index contributed by atoms with van der Waals surface area (Å²) in [5, 5.41) is 4.95. The van der Waals surface area contributed by atoms with Crippen molar-refractivity contribution in [2.24, 2.45) is 5.92 Å². The number of hydrogen-bond acceptors (Lipinski definition) is 3. The number of carbonyl (C=O) groups excluding carboxylic acids is 2. The summed E-state index contributed by atoms with van der Waals surface area (Å²) in [6.45, 7) is 5.53. The SMILES string of the molecule is CC[C@H](C)[C@H](NC(=O)Cc1c[nH]c2ccc(-c3cc4ccccc4o3)cc12)C(C)=O. The second kappa shape index (κ2) is 8.19. The van der Waals surface area contributed by atoms with Crippen LogP contribution >= 0.6 is 0 Å². The first-order valence-corrected chi connectivity index (χ1v) is 10.3. The van der Waals surface area contributed by atoms with E-state index in [1.165, 1.54) is 6.92 Å². The number of Topliss-reactive ketones (excluding diaryl/α,β-unsaturated/α-hetero) is 1. The van der Waals surface area contributed by atoms with E-state index >= 15 is 0 Å². The first-order chi connectivity index (χ1) is 14.5. The number of H-pyrrole nitrogens is 1. The molecule has 2 atom stereocenters. The molecule has 0 aliphatic heterocycles. The summed E-state index contributed by atoms with van der Waals surface area (Å²) < 4.78 is 5.99. The molecule has 0 saturated carbocycles. The normalized spacial score (nSPS) is 13.4. The van der Waals surface area contributed by atoms with Gasteiger partial charge in [-0.05, 0) is 48.7 Å². The molecule has 0 aliphatic rings. The number of ketones is 1. The van der Waals surface area contributed by atoms with Crippen molar-refractivity contribution in [1.82, 2.24) is 10.3 Å². The van der Waals surface area contributed by atoms with E-state index in [9.17, 15) is 9.59 Å². The van der Waals surface area contributed by atoms with Crippen molar-refractivity contribution in [3.8, 4) is 11.3 Å². The molecule has 0 aliphatic carbocycles. The molecule has 0 bridgehead atoms. The van der Waals surface area contributed by atoms with Crippen LogP contribution in [0.3, 0.4) is 0 Å². The number of rotatable bonds is 7. The number of carbonyl (C=O) groups is 2. The van der Waals surface area contributed by atoms with Gasteiger partial charge in [0.2, 0.25) is 5.91 Å². The highest BCUT2D eigenvalue weighted by Crippen LogP contribution is 2.31. The van der Waals surface area contributed by atoms with Crippen LogP contribution in [0.2, 0.25) is 0 Å². The van der Waals surface area contributed by atoms with Gasteiger partial charge in [-0.25, -0.2) is 0 Å². The summed E-state index contributed by atoms with van der Waals surface area (Å²) in [4.78, 5) is 27.8. The van der Waals surface area contributed by atoms with Crippen LogP contribution in [0, 0.1) is 5.92 Å². The molecule has 5 nitrogen and oxygen atoms in total. The number of nitrogens with one attached hydrogen (secondary N) is 2. The molecule has 0 unspecified atom stereocenters. The fourth-order valence-corrected chi connectivity index (χ4v) is 3.88. The predicted octanol–water partition coefficient (Wildman–Crippen LogP) is 5.24. The van der Waals surface area contributed by atoms with E-state index in [0.29, 0.717) is 0 Å². The molecular formula is C25H26N2O3. The molecule has 2 N–H and O–H groups in total. The molecule has 5 heteroatoms. The highest BCUT2D eigenvalue weighted by atomic mass is 16.3. The number of fused-ring (bicyclic) bond motifs is 2. The van der Waals surface area contributed by atoms with Gasteiger partial charge >= 0.3 is 0 Å². The van der Waals surface area contributed by atoms with Gasteiger partial charge in [-0.3, -0.25) is 9.59 Å². The van der Waals surface area contributed by atoms with Crippen LogP contribution in [-0.2, 0) is 16.0 Å². The summed E-state index contributed by atoms with van der Waals surface area (Å²) in [5.74, 6) is 0.742. The maximum absolute atomic E-state index is 12.7. The molecule has 0 fully saturated rings. The van der Waals surface area contributed by atoms with E-state index in [1.807, 2.05) is 68.6 Å². The molecular weight excluding hydrogens is 376 g/mol. The minimum atomic E-state index is -0.446. The zero-order chi connectivity index (χ0) is 21.3. The molecule has 0 radical (unpaired) electrons. The smallest absolute Gasteiger partial charge is 0.225 e. The topological polar surface area (TPSA) is 75.1 Å². The number of para-hydroxylation sites is 1. The van der Waals surface area contributed by atoms with Gasteiger partial charge in [0.25, 0.3) is 0 Å². The quantitative estimate of drug-likeness (QED) is 0.444. The Morgan fingerprint density at radius 1 is 1.13 bits per heavy atom. The van der Waals surface area contributed by atoms with Gasteiger partial charge in [0.05, 0.1) is 12.5 Å². The largest absolute Gasteiger partial charge is 0.456 e. The number of hydrogen-bond donors (Lipinski definition) is 2. The second-order valence-corrected chi connectivity index (χ2v) is 7.94. The Kier molecular flexibility index (Phi) is 5.44. The lowest BCUT2D eigenvalue weighted by Gasteiger charge is -2.21. The predicted molar refractivity (Wildman–Crippen MR) is 119 cm³/mol. The van der Waals surface area contributed by atoms with Crippen LogP contribution in [0.15, 0.2) is 59.1 Å². The first-order valence-electron chi connectivity index (χ1n) is 10.3. The number of amides is 1. The molecule has 2 aromatic heterocycles. The summed E-state index contributed by atoms with van der Waals surface area (Å²) in [5.41, 5.74) is 3.66. The third kappa shape index (κ3) is 3.88. The molecule has 4 rings (SSSR count). The Morgan fingerprint density at radius 2 is 1.93 bits per heavy atom. The van der Waals surface area contributed by atoms with Gasteiger partial charge in [0.15, 0.2) is 5.78 Å². The molecule has 0 saturated heterocycles. The Bertz CT molecular complexity index is 1180. The van der Waals surface area contributed by atoms with Gasteiger partial charge in [0, 0.05) is 28.0 Å². The Labute approximate surface area is 175 Å². The molecule has 2 aromatic carbocycles. The summed E-state index contributed by atoms with van der Waals surface area (Å²) in [6.07, 6.45) is 2.90. The third-order valence-electron chi connectivity index (χ3n) is 5.80. The average Bonchev–Trinajstić information content (AvgIpc) is 3.35. The molecule has 4 aromatic rings. The lowest BCUT2D eigenvalue weighted by Crippen LogP contribution is -2.44. The van der Waals surface area contributed by atoms with Crippen molar-refractivity contribution >= 4 is 33.6 Å². The minimum absolute atomic E-state index is 0.0104. The highest BCUT2D eigenvalue weighted by molar-refractivity contribution is 5.94. The number of furan rings is 1. The van der Waals surface area contributed by atoms with Crippen LogP contribution in [-0.4, -0.2) is 22.7 Å². The fourth-order valence-electron chi connectivity index (χ4n) is 3.88. The van der Waals surface area contributed by atoms with Gasteiger partial charge in [-0.1, -0.05) is 38.5 Å². The van der Waals surface area contributed by atoms with Crippen molar-refractivity contribution in [3.63, 3.8) is 0 Å². The Morgan fingerprint density at radius 3 is 2.67 bits per heavy atom. The van der Waals surface area contributed by atoms with Crippen molar-refractivity contribution in [1.29, 1.82) is 0 Å². The van der Waals surface area contributed by atoms with Gasteiger partial charge < -0.3 is 14.7 Å². The van der Waals surface area contributed by atoms with Crippen LogP contribution in [0.1, 0.15) is 32.8 Å². The number of benzene rings is 2. The molecule has 0 spiro atoms. The maximum Gasteiger partial charge on any atom is 0.225 e. The zero-order valence-corrected chi connectivity index (χ0v) is 17.5. The van der Waals surface area contributed by atoms with Gasteiger partial charge in [-0.2, -0.15) is 0 Å². The van der Waals surface area contributed by atoms with Crippen molar-refractivity contribution in [2.75, 3.05) is 0 Å². The molecule has 154 valence electrons. The van der Waals surface area contributed by atoms with Crippen molar-refractivity contribution in [2.45, 2.75) is 39.7 Å². The van der Waals surface area contributed by atoms with E-state index in [1.54, 1.807) is 0 Å². The maximum atomic E-state index is 12.7. The Balaban J connectivity index is 1.60. The second-order valence-electron chi connectivity index (χ2n) is 7.94. The monoisotopic (exact) mass is 402 g/mol. The lowest BCUT2D eigenvalue weighted by atomic mass is 9.95. The third-order valence-corrected chi connectivity index (χ3v) is 5.80. The van der Waals surface area contributed by atoms with E-state index in [0.717, 1.165) is 45.2 Å². The lowest BCUT2D eigenvalue weighted by molar-refractivity contribution is -0.127. The molecule has 1 amide bonds. The summed E-state index contributed by atoms with van der Waals surface area (Å²) in [7, 11) is 0. The fraction of sp³-hybridized carbons (Fsp3) is 0.280. The van der Waals surface area contributed by atoms with E-state index < -0.39 is 6.04 Å². The molecule has 30 heavy (non-hydrogen) atoms. The van der Waals surface area contributed by atoms with E-state index in [4.69, 9.17) is 4.42 Å². The number of aromatic nitrogens is 1. The van der Waals surface area contributed by atoms with Crippen molar-refractivity contribution < 1.29 is 14.0 Å². The standard InChI is InChI=1S/C25H26N2O3/c1-4-15(2)25(16(3)28)27-24(29)13-19-14-26-21-10-9-18(11-20(19)21)23-12-17-7-5-6-8-22(17)30-23/h5-12,14-15,25-26H,4,13H2,1-3H3,(H,27,29)/t15-,25-/m0/s1. The van der Waals surface area contributed by atoms with E-state index in [-0.39, 0.29) is 24.0 Å². The van der Waals surface area contributed by atoms with E-state index in [2.05, 4.69) is 10.3 Å². The van der Waals surface area contributed by atoms with Gasteiger partial charge in [0.1, 0.15) is 11.3 Å². The van der Waals surface area contributed by atoms with Crippen LogP contribution < -0.4 is 5.32 Å². The average molecular weight is 402 g/mol. The Hall–Kier alpha value is -3.34. The van der Waals surface area contributed by atoms with Crippen LogP contribution in [0.5, 0.6) is 0 Å². The minimum Gasteiger partial charge on any atom is -0.456 e. The highest BCUT2D eigenvalue weighted by Gasteiger charge is 2.23. The first kappa shape index (κ1) is 20.0.